The molecular weight excluding hydrogens is 423 g/mol. The molecule has 2 aromatic carbocycles. The SMILES string of the molecule is CCNc1cc(F)cc2c1CCCC(=O)C2(C)N1CCC[C@@H](Oc2ccc(O)c(C=O)c2)C1. The Morgan fingerprint density at radius 1 is 1.27 bits per heavy atom. The molecule has 2 N–H and O–H groups in total. The lowest BCUT2D eigenvalue weighted by atomic mass is 9.81. The van der Waals surface area contributed by atoms with Gasteiger partial charge in [-0.15, -0.1) is 0 Å². The van der Waals surface area contributed by atoms with Crippen LogP contribution < -0.4 is 10.1 Å². The Balaban J connectivity index is 1.66. The van der Waals surface area contributed by atoms with Crippen LogP contribution in [-0.2, 0) is 16.8 Å². The number of hydrogen-bond acceptors (Lipinski definition) is 6. The number of rotatable bonds is 6. The lowest BCUT2D eigenvalue weighted by molar-refractivity contribution is -0.133. The second-order valence-electron chi connectivity index (χ2n) is 9.03. The van der Waals surface area contributed by atoms with Gasteiger partial charge in [-0.3, -0.25) is 14.5 Å². The Morgan fingerprint density at radius 3 is 2.85 bits per heavy atom. The maximum Gasteiger partial charge on any atom is 0.157 e. The third-order valence-electron chi connectivity index (χ3n) is 6.92. The van der Waals surface area contributed by atoms with Gasteiger partial charge in [0.1, 0.15) is 29.0 Å². The van der Waals surface area contributed by atoms with Crippen molar-refractivity contribution in [2.75, 3.05) is 25.0 Å². The van der Waals surface area contributed by atoms with Crippen molar-refractivity contribution in [3.8, 4) is 11.5 Å². The molecule has 2 aromatic rings. The van der Waals surface area contributed by atoms with E-state index in [1.54, 1.807) is 6.07 Å². The summed E-state index contributed by atoms with van der Waals surface area (Å²) in [6.45, 7) is 5.79. The van der Waals surface area contributed by atoms with E-state index >= 15 is 0 Å². The van der Waals surface area contributed by atoms with Crippen LogP contribution in [0.3, 0.4) is 0 Å². The zero-order valence-corrected chi connectivity index (χ0v) is 19.2. The van der Waals surface area contributed by atoms with Crippen molar-refractivity contribution < 1.29 is 23.8 Å². The van der Waals surface area contributed by atoms with Crippen LogP contribution in [0.4, 0.5) is 10.1 Å². The van der Waals surface area contributed by atoms with Crippen molar-refractivity contribution in [3.05, 3.63) is 52.8 Å². The van der Waals surface area contributed by atoms with Crippen LogP contribution in [-0.4, -0.2) is 47.8 Å². The Kier molecular flexibility index (Phi) is 6.70. The number of phenols is 1. The fourth-order valence-corrected chi connectivity index (χ4v) is 5.19. The van der Waals surface area contributed by atoms with E-state index < -0.39 is 5.54 Å². The molecule has 1 unspecified atom stereocenters. The Hall–Kier alpha value is -2.93. The van der Waals surface area contributed by atoms with E-state index in [1.165, 1.54) is 24.3 Å². The molecule has 0 bridgehead atoms. The van der Waals surface area contributed by atoms with Gasteiger partial charge in [0.15, 0.2) is 12.1 Å². The van der Waals surface area contributed by atoms with Gasteiger partial charge in [0.25, 0.3) is 0 Å². The standard InChI is InChI=1S/C26H31FN2O4/c1-3-28-23-14-18(27)13-22-21(23)7-4-8-25(32)26(22,2)29-11-5-6-20(15-29)33-19-9-10-24(31)17(12-19)16-30/h9-10,12-14,16,20,28,31H,3-8,11,15H2,1-2H3/t20-,26?/m1/s1. The number of phenolic OH excluding ortho intramolecular Hbond substituents is 1. The lowest BCUT2D eigenvalue weighted by Gasteiger charge is -2.45. The van der Waals surface area contributed by atoms with E-state index in [-0.39, 0.29) is 29.0 Å². The molecule has 2 aliphatic rings. The van der Waals surface area contributed by atoms with Gasteiger partial charge >= 0.3 is 0 Å². The molecule has 6 nitrogen and oxygen atoms in total. The number of benzene rings is 2. The van der Waals surface area contributed by atoms with Crippen molar-refractivity contribution >= 4 is 17.8 Å². The highest BCUT2D eigenvalue weighted by Gasteiger charge is 2.45. The monoisotopic (exact) mass is 454 g/mol. The predicted octanol–water partition coefficient (Wildman–Crippen LogP) is 4.44. The third kappa shape index (κ3) is 4.47. The summed E-state index contributed by atoms with van der Waals surface area (Å²) in [5, 5.41) is 13.0. The second-order valence-corrected chi connectivity index (χ2v) is 9.03. The van der Waals surface area contributed by atoms with Crippen molar-refractivity contribution in [1.82, 2.24) is 4.90 Å². The minimum atomic E-state index is -0.941. The van der Waals surface area contributed by atoms with Crippen molar-refractivity contribution in [2.24, 2.45) is 0 Å². The maximum atomic E-state index is 14.7. The average molecular weight is 455 g/mol. The highest BCUT2D eigenvalue weighted by Crippen LogP contribution is 2.41. The quantitative estimate of drug-likeness (QED) is 0.496. The number of nitrogens with one attached hydrogen (secondary N) is 1. The first-order valence-corrected chi connectivity index (χ1v) is 11.7. The largest absolute Gasteiger partial charge is 0.507 e. The number of carbonyl (C=O) groups excluding carboxylic acids is 2. The first-order valence-electron chi connectivity index (χ1n) is 11.7. The van der Waals surface area contributed by atoms with Crippen LogP contribution in [0.15, 0.2) is 30.3 Å². The van der Waals surface area contributed by atoms with Gasteiger partial charge < -0.3 is 15.2 Å². The molecule has 4 rings (SSSR count). The normalized spacial score (nSPS) is 23.5. The first kappa shape index (κ1) is 23.2. The van der Waals surface area contributed by atoms with E-state index in [1.807, 2.05) is 13.8 Å². The van der Waals surface area contributed by atoms with E-state index in [0.717, 1.165) is 42.5 Å². The summed E-state index contributed by atoms with van der Waals surface area (Å²) in [5.41, 5.74) is 1.76. The number of Topliss-reactive ketones (excluding diaryl/α,β-unsaturated/α-hetero) is 1. The fraction of sp³-hybridized carbons (Fsp3) is 0.462. The summed E-state index contributed by atoms with van der Waals surface area (Å²) in [4.78, 5) is 26.8. The zero-order chi connectivity index (χ0) is 23.6. The summed E-state index contributed by atoms with van der Waals surface area (Å²) in [6, 6.07) is 7.65. The minimum absolute atomic E-state index is 0.0886. The molecule has 0 spiro atoms. The van der Waals surface area contributed by atoms with E-state index in [2.05, 4.69) is 10.2 Å². The molecule has 1 aliphatic carbocycles. The molecule has 176 valence electrons. The first-order chi connectivity index (χ1) is 15.9. The van der Waals surface area contributed by atoms with Crippen LogP contribution in [0.2, 0.25) is 0 Å². The molecule has 33 heavy (non-hydrogen) atoms. The van der Waals surface area contributed by atoms with Gasteiger partial charge in [-0.05, 0) is 87.5 Å². The number of hydrogen-bond donors (Lipinski definition) is 2. The lowest BCUT2D eigenvalue weighted by Crippen LogP contribution is -2.55. The highest BCUT2D eigenvalue weighted by molar-refractivity contribution is 5.91. The fourth-order valence-electron chi connectivity index (χ4n) is 5.19. The molecular formula is C26H31FN2O4. The Bertz CT molecular complexity index is 1060. The molecule has 1 saturated heterocycles. The molecule has 1 heterocycles. The van der Waals surface area contributed by atoms with Gasteiger partial charge in [-0.1, -0.05) is 0 Å². The highest BCUT2D eigenvalue weighted by atomic mass is 19.1. The molecule has 1 aliphatic heterocycles. The minimum Gasteiger partial charge on any atom is -0.507 e. The summed E-state index contributed by atoms with van der Waals surface area (Å²) < 4.78 is 20.8. The number of likely N-dealkylation sites (tertiary alicyclic amines) is 1. The number of carbonyl (C=O) groups is 2. The molecule has 0 saturated carbocycles. The number of halogens is 1. The summed E-state index contributed by atoms with van der Waals surface area (Å²) >= 11 is 0. The Morgan fingerprint density at radius 2 is 2.09 bits per heavy atom. The molecule has 1 fully saturated rings. The summed E-state index contributed by atoms with van der Waals surface area (Å²) in [7, 11) is 0. The molecule has 0 radical (unpaired) electrons. The van der Waals surface area contributed by atoms with Crippen LogP contribution in [0.5, 0.6) is 11.5 Å². The smallest absolute Gasteiger partial charge is 0.157 e. The number of ether oxygens (including phenoxy) is 1. The number of fused-ring (bicyclic) bond motifs is 1. The van der Waals surface area contributed by atoms with E-state index in [4.69, 9.17) is 4.74 Å². The zero-order valence-electron chi connectivity index (χ0n) is 19.2. The van der Waals surface area contributed by atoms with Gasteiger partial charge in [-0.25, -0.2) is 4.39 Å². The number of aldehydes is 1. The maximum absolute atomic E-state index is 14.7. The number of piperidine rings is 1. The number of aromatic hydroxyl groups is 1. The van der Waals surface area contributed by atoms with Gasteiger partial charge in [-0.2, -0.15) is 0 Å². The van der Waals surface area contributed by atoms with Gasteiger partial charge in [0.2, 0.25) is 0 Å². The van der Waals surface area contributed by atoms with E-state index in [9.17, 15) is 19.1 Å². The number of anilines is 1. The van der Waals surface area contributed by atoms with Crippen LogP contribution in [0.25, 0.3) is 0 Å². The third-order valence-corrected chi connectivity index (χ3v) is 6.92. The average Bonchev–Trinajstić information content (AvgIpc) is 2.93. The van der Waals surface area contributed by atoms with E-state index in [0.29, 0.717) is 38.1 Å². The van der Waals surface area contributed by atoms with Gasteiger partial charge in [0.05, 0.1) is 5.56 Å². The van der Waals surface area contributed by atoms with Gasteiger partial charge in [0, 0.05) is 25.2 Å². The molecule has 7 heteroatoms. The van der Waals surface area contributed by atoms with Crippen LogP contribution >= 0.6 is 0 Å². The van der Waals surface area contributed by atoms with Crippen molar-refractivity contribution in [3.63, 3.8) is 0 Å². The molecule has 0 amide bonds. The molecule has 2 atom stereocenters. The second kappa shape index (κ2) is 9.51. The van der Waals surface area contributed by atoms with Crippen molar-refractivity contribution in [2.45, 2.75) is 57.6 Å². The van der Waals surface area contributed by atoms with Crippen molar-refractivity contribution in [1.29, 1.82) is 0 Å². The summed E-state index contributed by atoms with van der Waals surface area (Å²) in [5.74, 6) is 0.165. The Labute approximate surface area is 193 Å². The summed E-state index contributed by atoms with van der Waals surface area (Å²) in [6.07, 6.45) is 3.94. The number of ketones is 1. The number of nitrogens with zero attached hydrogens (tertiary/aromatic N) is 1. The topological polar surface area (TPSA) is 78.9 Å². The predicted molar refractivity (Wildman–Crippen MR) is 125 cm³/mol. The molecule has 0 aromatic heterocycles. The van der Waals surface area contributed by atoms with Crippen LogP contribution in [0, 0.1) is 5.82 Å². The van der Waals surface area contributed by atoms with Crippen LogP contribution in [0.1, 0.15) is 61.0 Å².